The number of carboxylic acid groups (broad SMARTS) is 2. The van der Waals surface area contributed by atoms with Gasteiger partial charge in [-0.15, -0.1) is 23.1 Å². The fraction of sp³-hybridized carbons (Fsp3) is 0.375. The minimum absolute atomic E-state index is 0.0400. The first-order chi connectivity index (χ1) is 14.3. The van der Waals surface area contributed by atoms with E-state index in [1.54, 1.807) is 0 Å². The van der Waals surface area contributed by atoms with Crippen molar-refractivity contribution in [2.75, 3.05) is 24.4 Å². The van der Waals surface area contributed by atoms with Crippen LogP contribution in [-0.4, -0.2) is 85.3 Å². The molecule has 3 rings (SSSR count). The lowest BCUT2D eigenvalue weighted by Crippen LogP contribution is -2.71. The number of aliphatic carboxylic acids is 2. The van der Waals surface area contributed by atoms with Crippen molar-refractivity contribution in [3.63, 3.8) is 0 Å². The smallest absolute Gasteiger partial charge is 0.352 e. The second-order valence-electron chi connectivity index (χ2n) is 6.03. The summed E-state index contributed by atoms with van der Waals surface area (Å²) in [6.45, 7) is -0.749. The summed E-state index contributed by atoms with van der Waals surface area (Å²) in [5, 5.41) is 25.3. The van der Waals surface area contributed by atoms with E-state index in [2.05, 4.69) is 20.3 Å². The van der Waals surface area contributed by atoms with E-state index in [9.17, 15) is 24.3 Å². The number of thiazole rings is 1. The van der Waals surface area contributed by atoms with E-state index in [0.717, 1.165) is 0 Å². The number of aromatic nitrogens is 1. The van der Waals surface area contributed by atoms with E-state index in [1.165, 1.54) is 50.7 Å². The van der Waals surface area contributed by atoms with Gasteiger partial charge in [-0.3, -0.25) is 14.5 Å². The molecule has 1 aromatic rings. The topological polar surface area (TPSA) is 158 Å². The van der Waals surface area contributed by atoms with E-state index in [-0.39, 0.29) is 17.1 Å². The van der Waals surface area contributed by atoms with Crippen LogP contribution in [-0.2, 0) is 24.0 Å². The number of β-lactam (4-membered cyclic amide) rings is 1. The highest BCUT2D eigenvalue weighted by Crippen LogP contribution is 2.40. The van der Waals surface area contributed by atoms with Crippen LogP contribution in [0.25, 0.3) is 0 Å². The zero-order chi connectivity index (χ0) is 21.8. The van der Waals surface area contributed by atoms with Crippen LogP contribution in [0.2, 0.25) is 0 Å². The number of fused-ring (bicyclic) bond motifs is 1. The summed E-state index contributed by atoms with van der Waals surface area (Å²) in [5.74, 6) is -2.85. The standard InChI is InChI=1S/C16H16N4O7S3/c1-28-3-7-4-30-15-11(14(24)20(15)12(7)16(25)26)18-13(23)10(8-5-29-6-17-8)19-27-2-9(21)22/h5-6,11,15H,2-4H2,1H3,(H,18,23)(H,21,22)(H,25,26)/t11?,15-/m1/s1. The number of amides is 2. The summed E-state index contributed by atoms with van der Waals surface area (Å²) in [6, 6.07) is -0.948. The SMILES string of the molecule is CSCC1=C(C(=O)O)N2C(=O)C(NC(=O)C(=NOCC(=O)O)c3cscn3)[C@H]2SC1. The highest BCUT2D eigenvalue weighted by Gasteiger charge is 2.54. The Morgan fingerprint density at radius 3 is 2.80 bits per heavy atom. The van der Waals surface area contributed by atoms with Gasteiger partial charge < -0.3 is 20.4 Å². The Hall–Kier alpha value is -2.58. The first-order valence-corrected chi connectivity index (χ1v) is 11.7. The normalized spacial score (nSPS) is 21.0. The molecular formula is C16H16N4O7S3. The first-order valence-electron chi connectivity index (χ1n) is 8.35. The van der Waals surface area contributed by atoms with Crippen LogP contribution in [0.4, 0.5) is 0 Å². The van der Waals surface area contributed by atoms with Gasteiger partial charge in [-0.05, 0) is 11.8 Å². The lowest BCUT2D eigenvalue weighted by molar-refractivity contribution is -0.150. The summed E-state index contributed by atoms with van der Waals surface area (Å²) >= 11 is 4.02. The molecule has 14 heteroatoms. The Bertz CT molecular complexity index is 931. The fourth-order valence-electron chi connectivity index (χ4n) is 2.86. The maximum atomic E-state index is 12.7. The average Bonchev–Trinajstić information content (AvgIpc) is 3.23. The summed E-state index contributed by atoms with van der Waals surface area (Å²) < 4.78 is 0. The van der Waals surface area contributed by atoms with Gasteiger partial charge in [0.05, 0.1) is 5.51 Å². The van der Waals surface area contributed by atoms with Gasteiger partial charge in [-0.1, -0.05) is 5.16 Å². The molecule has 0 saturated carbocycles. The van der Waals surface area contributed by atoms with E-state index in [4.69, 9.17) is 5.11 Å². The lowest BCUT2D eigenvalue weighted by Gasteiger charge is -2.49. The molecule has 1 fully saturated rings. The maximum absolute atomic E-state index is 12.7. The third-order valence-corrected chi connectivity index (χ3v) is 6.65. The van der Waals surface area contributed by atoms with Crippen LogP contribution in [0.15, 0.2) is 27.3 Å². The van der Waals surface area contributed by atoms with Gasteiger partial charge in [0.25, 0.3) is 11.8 Å². The van der Waals surface area contributed by atoms with Gasteiger partial charge in [0, 0.05) is 16.9 Å². The first kappa shape index (κ1) is 22.1. The molecule has 3 N–H and O–H groups in total. The molecule has 2 amide bonds. The third-order valence-electron chi connectivity index (χ3n) is 4.09. The molecule has 1 saturated heterocycles. The molecule has 2 aliphatic heterocycles. The molecule has 0 aromatic carbocycles. The predicted octanol–water partition coefficient (Wildman–Crippen LogP) is 0.0500. The number of nitrogens with one attached hydrogen (secondary N) is 1. The van der Waals surface area contributed by atoms with Crippen LogP contribution in [0, 0.1) is 0 Å². The molecule has 160 valence electrons. The van der Waals surface area contributed by atoms with Gasteiger partial charge in [-0.2, -0.15) is 11.8 Å². The molecule has 3 heterocycles. The predicted molar refractivity (Wildman–Crippen MR) is 110 cm³/mol. The monoisotopic (exact) mass is 472 g/mol. The van der Waals surface area contributed by atoms with Crippen molar-refractivity contribution < 1.29 is 34.2 Å². The van der Waals surface area contributed by atoms with Crippen molar-refractivity contribution in [2.24, 2.45) is 5.16 Å². The number of thioether (sulfide) groups is 2. The van der Waals surface area contributed by atoms with Gasteiger partial charge >= 0.3 is 11.9 Å². The maximum Gasteiger partial charge on any atom is 0.352 e. The van der Waals surface area contributed by atoms with Gasteiger partial charge in [0.2, 0.25) is 6.61 Å². The van der Waals surface area contributed by atoms with Crippen LogP contribution in [0.3, 0.4) is 0 Å². The van der Waals surface area contributed by atoms with Crippen molar-refractivity contribution in [1.29, 1.82) is 0 Å². The van der Waals surface area contributed by atoms with Crippen LogP contribution in [0.1, 0.15) is 5.69 Å². The minimum Gasteiger partial charge on any atom is -0.479 e. The Morgan fingerprint density at radius 1 is 1.43 bits per heavy atom. The third kappa shape index (κ3) is 4.44. The van der Waals surface area contributed by atoms with E-state index < -0.39 is 41.8 Å². The molecule has 0 radical (unpaired) electrons. The number of rotatable bonds is 9. The van der Waals surface area contributed by atoms with Crippen molar-refractivity contribution in [2.45, 2.75) is 11.4 Å². The summed E-state index contributed by atoms with van der Waals surface area (Å²) in [4.78, 5) is 57.5. The van der Waals surface area contributed by atoms with Crippen molar-refractivity contribution in [3.8, 4) is 0 Å². The zero-order valence-corrected chi connectivity index (χ0v) is 17.9. The van der Waals surface area contributed by atoms with Crippen molar-refractivity contribution in [3.05, 3.63) is 27.9 Å². The number of hydrogen-bond acceptors (Lipinski definition) is 10. The largest absolute Gasteiger partial charge is 0.479 e. The van der Waals surface area contributed by atoms with E-state index >= 15 is 0 Å². The number of carbonyl (C=O) groups is 4. The van der Waals surface area contributed by atoms with Crippen molar-refractivity contribution >= 4 is 64.3 Å². The summed E-state index contributed by atoms with van der Waals surface area (Å²) in [7, 11) is 0. The van der Waals surface area contributed by atoms with Gasteiger partial charge in [0.1, 0.15) is 22.8 Å². The zero-order valence-electron chi connectivity index (χ0n) is 15.4. The number of hydrogen-bond donors (Lipinski definition) is 3. The van der Waals surface area contributed by atoms with Crippen LogP contribution < -0.4 is 5.32 Å². The second-order valence-corrected chi connectivity index (χ2v) is 8.72. The Balaban J connectivity index is 1.76. The highest BCUT2D eigenvalue weighted by molar-refractivity contribution is 8.00. The molecule has 1 unspecified atom stereocenters. The number of carbonyl (C=O) groups excluding carboxylic acids is 2. The summed E-state index contributed by atoms with van der Waals surface area (Å²) in [5.41, 5.74) is 1.96. The molecule has 0 spiro atoms. The van der Waals surface area contributed by atoms with Gasteiger partial charge in [-0.25, -0.2) is 14.6 Å². The Kier molecular flexibility index (Phi) is 6.99. The quantitative estimate of drug-likeness (QED) is 0.255. The van der Waals surface area contributed by atoms with Crippen LogP contribution in [0.5, 0.6) is 0 Å². The number of nitrogens with zero attached hydrogens (tertiary/aromatic N) is 3. The average molecular weight is 473 g/mol. The van der Waals surface area contributed by atoms with Crippen LogP contribution >= 0.6 is 34.9 Å². The molecule has 11 nitrogen and oxygen atoms in total. The Labute approximate surface area is 182 Å². The minimum atomic E-state index is -1.27. The number of carboxylic acids is 2. The second kappa shape index (κ2) is 9.49. The van der Waals surface area contributed by atoms with Crippen molar-refractivity contribution in [1.82, 2.24) is 15.2 Å². The molecule has 2 aliphatic rings. The molecule has 2 atom stereocenters. The fourth-order valence-corrected chi connectivity index (χ4v) is 5.46. The van der Waals surface area contributed by atoms with Gasteiger partial charge in [0.15, 0.2) is 5.71 Å². The van der Waals surface area contributed by atoms with E-state index in [1.807, 2.05) is 6.26 Å². The molecule has 0 aliphatic carbocycles. The lowest BCUT2D eigenvalue weighted by atomic mass is 10.0. The molecule has 30 heavy (non-hydrogen) atoms. The molecule has 0 bridgehead atoms. The summed E-state index contributed by atoms with van der Waals surface area (Å²) in [6.07, 6.45) is 1.84. The highest BCUT2D eigenvalue weighted by atomic mass is 32.2. The van der Waals surface area contributed by atoms with E-state index in [0.29, 0.717) is 17.1 Å². The molecular weight excluding hydrogens is 456 g/mol. The molecule has 1 aromatic heterocycles. The Morgan fingerprint density at radius 2 is 2.20 bits per heavy atom. The number of oxime groups is 1.